The maximum Gasteiger partial charge on any atom is 0.534 e. The highest BCUT2D eigenvalue weighted by atomic mass is 79.9. The number of unbranched alkanes of at least 4 members (excludes halogenated alkanes) is 6. The lowest BCUT2D eigenvalue weighted by atomic mass is 9.81. The molecule has 0 aliphatic rings. The van der Waals surface area contributed by atoms with E-state index in [2.05, 4.69) is 183 Å². The number of rotatable bonds is 30. The van der Waals surface area contributed by atoms with Crippen molar-refractivity contribution >= 4 is 122 Å². The van der Waals surface area contributed by atoms with Gasteiger partial charge < -0.3 is 54.8 Å². The quantitative estimate of drug-likeness (QED) is 0.00394. The molecule has 0 amide bonds. The highest BCUT2D eigenvalue weighted by Gasteiger charge is 2.49. The fraction of sp³-hybridized carbons (Fsp3) is 0.284. The van der Waals surface area contributed by atoms with Crippen molar-refractivity contribution in [2.75, 3.05) is 30.8 Å². The number of aliphatic carboxylic acids is 1. The summed E-state index contributed by atoms with van der Waals surface area (Å²) < 4.78 is 69.3. The van der Waals surface area contributed by atoms with Crippen molar-refractivity contribution in [2.24, 2.45) is 0 Å². The number of ketones is 1. The van der Waals surface area contributed by atoms with Gasteiger partial charge in [-0.1, -0.05) is 244 Å². The fourth-order valence-corrected chi connectivity index (χ4v) is 15.3. The minimum atomic E-state index is -5.84. The molecular weight excluding hydrogens is 1810 g/mol. The van der Waals surface area contributed by atoms with Crippen LogP contribution in [0.5, 0.6) is 11.5 Å². The van der Waals surface area contributed by atoms with Crippen molar-refractivity contribution < 1.29 is 65.2 Å². The third-order valence-corrected chi connectivity index (χ3v) is 22.9. The number of Topliss-reactive ketones (excluding diaryl/α,β-unsaturated/α-hetero) is 1. The van der Waals surface area contributed by atoms with E-state index in [1.807, 2.05) is 110 Å². The Labute approximate surface area is 801 Å². The van der Waals surface area contributed by atoms with Crippen molar-refractivity contribution in [3.63, 3.8) is 0 Å². The summed E-state index contributed by atoms with van der Waals surface area (Å²) in [7, 11) is -5.43. The van der Waals surface area contributed by atoms with Crippen LogP contribution in [0.2, 0.25) is 0 Å². The van der Waals surface area contributed by atoms with Crippen LogP contribution >= 0.6 is 15.9 Å². The first-order valence-corrected chi connectivity index (χ1v) is 48.2. The third-order valence-electron chi connectivity index (χ3n) is 21.6. The number of carboxylic acid groups (broad SMARTS) is 1. The molecular formula is C109H122BBrF3N7O14S. The van der Waals surface area contributed by atoms with Crippen LogP contribution in [-0.2, 0) is 67.8 Å². The van der Waals surface area contributed by atoms with E-state index in [4.69, 9.17) is 25.9 Å². The Hall–Kier alpha value is -13.3. The van der Waals surface area contributed by atoms with Crippen LogP contribution in [0, 0.1) is 0 Å². The summed E-state index contributed by atoms with van der Waals surface area (Å²) >= 11 is 3.53. The fourth-order valence-electron chi connectivity index (χ4n) is 14.4. The van der Waals surface area contributed by atoms with Gasteiger partial charge in [0.1, 0.15) is 34.9 Å². The van der Waals surface area contributed by atoms with Crippen molar-refractivity contribution in [3.8, 4) is 44.9 Å². The molecule has 15 rings (SSSR count). The Bertz CT molecular complexity index is 6660. The van der Waals surface area contributed by atoms with E-state index in [0.717, 1.165) is 117 Å². The van der Waals surface area contributed by atoms with Gasteiger partial charge in [0.25, 0.3) is 11.1 Å². The van der Waals surface area contributed by atoms with Gasteiger partial charge in [0.05, 0.1) is 28.7 Å². The Morgan fingerprint density at radius 3 is 1.23 bits per heavy atom. The number of carbonyl (C=O) groups is 3. The molecule has 0 saturated heterocycles. The van der Waals surface area contributed by atoms with Gasteiger partial charge >= 0.3 is 34.7 Å². The molecule has 21 nitrogen and oxygen atoms in total. The van der Waals surface area contributed by atoms with Crippen LogP contribution in [0.3, 0.4) is 0 Å². The SMILES string of the molecule is CCCCc1ccc(N)cc1.CCCCc1ccc2[nH]c(=O)cc(-c3ccccc3)c2c1.CCCCc1ccc2[nH]c(=O)cc(O)c2c1.CCCCc1ccc2[nH]c(=O)cc(OS(=O)(=O)C(F)(F)F)c2c1.CCCCc1ccc2nc(Br)cc(-c3ccccc3)c2c1.CCCCc1ccc2nc(N(C)CC(=O)O)cc(-c3ccccc3)c2c1.CCOC(=O)CC(C)=O.OB(O)c1ccccc1. The van der Waals surface area contributed by atoms with Gasteiger partial charge in [0.2, 0.25) is 5.56 Å². The molecule has 136 heavy (non-hydrogen) atoms. The number of nitrogen functional groups attached to an aromatic ring is 1. The van der Waals surface area contributed by atoms with E-state index in [1.54, 1.807) is 55.3 Å². The summed E-state index contributed by atoms with van der Waals surface area (Å²) in [4.78, 5) is 85.2. The van der Waals surface area contributed by atoms with E-state index < -0.39 is 46.0 Å². The number of halogens is 4. The first kappa shape index (κ1) is 108. The van der Waals surface area contributed by atoms with E-state index in [1.165, 1.54) is 127 Å². The summed E-state index contributed by atoms with van der Waals surface area (Å²) in [5, 5.41) is 40.2. The zero-order valence-corrected chi connectivity index (χ0v) is 80.9. The lowest BCUT2D eigenvalue weighted by Gasteiger charge is -2.18. The Morgan fingerprint density at radius 2 is 0.816 bits per heavy atom. The number of carboxylic acids is 1. The number of nitrogens with zero attached hydrogens (tertiary/aromatic N) is 3. The Balaban J connectivity index is 0.000000196. The number of H-pyrrole nitrogens is 3. The molecule has 10 aromatic carbocycles. The molecule has 5 aromatic heterocycles. The second-order valence-electron chi connectivity index (χ2n) is 32.6. The first-order valence-electron chi connectivity index (χ1n) is 46.0. The molecule has 0 unspecified atom stereocenters. The topological polar surface area (TPSA) is 338 Å². The number of alkyl halides is 3. The maximum absolute atomic E-state index is 12.5. The number of nitrogens with two attached hydrogens (primary N) is 1. The number of hydrogen-bond donors (Lipinski definition) is 8. The number of aromatic nitrogens is 5. The van der Waals surface area contributed by atoms with Crippen LogP contribution in [0.15, 0.2) is 286 Å². The van der Waals surface area contributed by atoms with Crippen LogP contribution < -0.4 is 37.0 Å². The van der Waals surface area contributed by atoms with Gasteiger partial charge in [-0.25, -0.2) is 9.97 Å². The number of aromatic amines is 3. The first-order chi connectivity index (χ1) is 65.3. The summed E-state index contributed by atoms with van der Waals surface area (Å²) in [6.07, 6.45) is 19.8. The minimum Gasteiger partial charge on any atom is -0.507 e. The largest absolute Gasteiger partial charge is 0.534 e. The molecule has 9 N–H and O–H groups in total. The molecule has 0 bridgehead atoms. The predicted octanol–water partition coefficient (Wildman–Crippen LogP) is 23.5. The van der Waals surface area contributed by atoms with Crippen molar-refractivity contribution in [2.45, 2.75) is 183 Å². The number of ether oxygens (including phenoxy) is 1. The summed E-state index contributed by atoms with van der Waals surface area (Å²) in [6.45, 7) is 16.3. The lowest BCUT2D eigenvalue weighted by molar-refractivity contribution is -0.145. The molecule has 0 radical (unpaired) electrons. The highest BCUT2D eigenvalue weighted by molar-refractivity contribution is 9.10. The number of aromatic hydroxyl groups is 1. The van der Waals surface area contributed by atoms with E-state index in [9.17, 15) is 55.5 Å². The molecule has 0 aliphatic heterocycles. The molecule has 0 fully saturated rings. The third kappa shape index (κ3) is 34.9. The maximum atomic E-state index is 12.5. The lowest BCUT2D eigenvalue weighted by Crippen LogP contribution is -2.29. The number of nitrogens with one attached hydrogen (secondary N) is 3. The second-order valence-corrected chi connectivity index (χ2v) is 34.9. The van der Waals surface area contributed by atoms with Gasteiger partial charge in [-0.2, -0.15) is 21.6 Å². The van der Waals surface area contributed by atoms with Gasteiger partial charge in [-0.15, -0.1) is 0 Å². The molecule has 27 heteroatoms. The molecule has 0 spiro atoms. The number of hydrogen-bond acceptors (Lipinski definition) is 17. The van der Waals surface area contributed by atoms with Crippen LogP contribution in [0.25, 0.3) is 87.9 Å². The second kappa shape index (κ2) is 55.5. The number of likely N-dealkylation sites (N-methyl/N-ethyl adjacent to an activating group) is 1. The Morgan fingerprint density at radius 1 is 0.456 bits per heavy atom. The number of aryl methyl sites for hydroxylation is 6. The number of anilines is 2. The summed E-state index contributed by atoms with van der Waals surface area (Å²) in [5.74, 6) is -1.39. The Kier molecular flexibility index (Phi) is 44.1. The zero-order chi connectivity index (χ0) is 98.7. The smallest absolute Gasteiger partial charge is 0.507 e. The average Bonchev–Trinajstić information content (AvgIpc) is 0.799. The number of pyridine rings is 5. The van der Waals surface area contributed by atoms with E-state index >= 15 is 0 Å². The van der Waals surface area contributed by atoms with E-state index in [0.29, 0.717) is 41.3 Å². The number of benzene rings is 10. The van der Waals surface area contributed by atoms with Gasteiger partial charge in [-0.3, -0.25) is 28.8 Å². The van der Waals surface area contributed by atoms with Crippen LogP contribution in [0.1, 0.15) is 172 Å². The number of carbonyl (C=O) groups excluding carboxylic acids is 2. The number of fused-ring (bicyclic) bond motifs is 5. The molecule has 0 aliphatic carbocycles. The number of esters is 1. The van der Waals surface area contributed by atoms with Crippen molar-refractivity contribution in [1.82, 2.24) is 24.9 Å². The van der Waals surface area contributed by atoms with E-state index in [-0.39, 0.29) is 46.5 Å². The molecule has 0 atom stereocenters. The molecule has 714 valence electrons. The van der Waals surface area contributed by atoms with Crippen LogP contribution in [0.4, 0.5) is 24.7 Å². The summed E-state index contributed by atoms with van der Waals surface area (Å²) in [6, 6.07) is 85.2. The standard InChI is InChI=1S/C22H24N2O2.C19H18BrN.C19H19NO.C14H14F3NO4S.C13H15NO2.C10H15N.C6H7BO2.C6H10O3/c1-3-4-8-16-11-12-20-19(13-16)18(17-9-6-5-7-10-17)14-21(23-20)24(2)15-22(25)26;1-2-3-7-14-10-11-18-17(12-14)16(13-19(20)21-18)15-8-5-4-6-9-15;1-2-3-7-14-10-11-18-17(12-14)16(13-19(21)20-18)15-8-5-4-6-9-15;1-2-3-4-9-5-6-11-10(7-9)12(8-13(19)18-11)22-23(20,21)14(15,16)17;1-2-3-4-9-5-6-11-10(7-9)12(15)8-13(16)14-11;1-2-3-4-9-5-7-10(11)8-6-9;8-7(9)6-4-2-1-3-5-6;1-3-9-6(8)4-5(2)7/h5-7,9-14H,3-4,8,15H2,1-2H3,(H,25,26);4-6,8-13H,2-3,7H2,1H3;4-6,8-13H,2-3,7H2,1H3,(H,20,21);5-8H,2-4H2,1H3,(H,18,19);5-8H,2-4H2,1H3,(H2,14,15,16);5-8H,2-4,11H2,1H3;1-5,8-9H;3-4H2,1-2H3. The molecule has 5 heterocycles. The normalized spacial score (nSPS) is 10.8. The van der Waals surface area contributed by atoms with Crippen molar-refractivity contribution in [3.05, 3.63) is 336 Å². The minimum absolute atomic E-state index is 0.0529. The summed E-state index contributed by atoms with van der Waals surface area (Å²) in [5.41, 5.74) is 18.2. The zero-order valence-electron chi connectivity index (χ0n) is 78.5. The van der Waals surface area contributed by atoms with Gasteiger partial charge in [0.15, 0.2) is 5.75 Å². The monoisotopic (exact) mass is 1930 g/mol. The highest BCUT2D eigenvalue weighted by Crippen LogP contribution is 2.36. The predicted molar refractivity (Wildman–Crippen MR) is 550 cm³/mol. The molecule has 15 aromatic rings. The van der Waals surface area contributed by atoms with Gasteiger partial charge in [0, 0.05) is 63.4 Å². The van der Waals surface area contributed by atoms with Gasteiger partial charge in [-0.05, 0) is 264 Å². The average molecular weight is 1930 g/mol. The molecule has 0 saturated carbocycles. The van der Waals surface area contributed by atoms with Crippen LogP contribution in [-0.4, -0.2) is 104 Å². The van der Waals surface area contributed by atoms with Crippen molar-refractivity contribution in [1.29, 1.82) is 0 Å².